The zero-order valence-electron chi connectivity index (χ0n) is 13.5. The molecule has 0 aromatic heterocycles. The number of methoxy groups -OCH3 is 1. The van der Waals surface area contributed by atoms with Gasteiger partial charge in [-0.05, 0) is 55.9 Å². The Labute approximate surface area is 117 Å². The molecule has 0 saturated carbocycles. The van der Waals surface area contributed by atoms with Crippen molar-refractivity contribution in [1.29, 1.82) is 0 Å². The second kappa shape index (κ2) is 4.99. The van der Waals surface area contributed by atoms with Gasteiger partial charge in [0.2, 0.25) is 0 Å². The predicted molar refractivity (Wildman–Crippen MR) is 80.1 cm³/mol. The van der Waals surface area contributed by atoms with E-state index in [0.717, 1.165) is 22.4 Å². The van der Waals surface area contributed by atoms with Gasteiger partial charge in [0, 0.05) is 5.41 Å². The van der Waals surface area contributed by atoms with Crippen LogP contribution in [0.5, 0.6) is 5.75 Å². The molecule has 1 aromatic rings. The van der Waals surface area contributed by atoms with Crippen LogP contribution in [-0.2, 0) is 15.6 Å². The maximum Gasteiger partial charge on any atom is 0.139 e. The molecule has 1 aromatic carbocycles. The summed E-state index contributed by atoms with van der Waals surface area (Å²) in [6.45, 7) is 14.1. The zero-order chi connectivity index (χ0) is 15.0. The van der Waals surface area contributed by atoms with Gasteiger partial charge in [0.25, 0.3) is 0 Å². The fourth-order valence-corrected chi connectivity index (χ4v) is 2.30. The van der Waals surface area contributed by atoms with E-state index in [2.05, 4.69) is 26.8 Å². The second-order valence-electron chi connectivity index (χ2n) is 6.80. The van der Waals surface area contributed by atoms with Crippen LogP contribution in [0.1, 0.15) is 58.2 Å². The first kappa shape index (κ1) is 15.7. The molecule has 0 radical (unpaired) electrons. The van der Waals surface area contributed by atoms with Gasteiger partial charge in [-0.15, -0.1) is 0 Å². The third kappa shape index (κ3) is 2.99. The molecule has 2 nitrogen and oxygen atoms in total. The highest BCUT2D eigenvalue weighted by atomic mass is 16.5. The lowest BCUT2D eigenvalue weighted by atomic mass is 9.75. The van der Waals surface area contributed by atoms with Gasteiger partial charge in [0.15, 0.2) is 0 Å². The Morgan fingerprint density at radius 1 is 1.05 bits per heavy atom. The standard InChI is InChI=1S/C17H26O2/c1-11-9-15(19-8)14(16(3,4)5)10-13(11)17(6,7)12(2)18/h9-10H,1-8H3. The molecule has 0 saturated heterocycles. The smallest absolute Gasteiger partial charge is 0.139 e. The first-order valence-electron chi connectivity index (χ1n) is 6.72. The van der Waals surface area contributed by atoms with Gasteiger partial charge in [-0.1, -0.05) is 26.8 Å². The van der Waals surface area contributed by atoms with Crippen LogP contribution < -0.4 is 4.74 Å². The van der Waals surface area contributed by atoms with Crippen molar-refractivity contribution >= 4 is 5.78 Å². The molecule has 0 aliphatic heterocycles. The van der Waals surface area contributed by atoms with E-state index in [1.165, 1.54) is 0 Å². The van der Waals surface area contributed by atoms with Crippen molar-refractivity contribution in [3.8, 4) is 5.75 Å². The molecule has 19 heavy (non-hydrogen) atoms. The number of ether oxygens (including phenoxy) is 1. The number of Topliss-reactive ketones (excluding diaryl/α,β-unsaturated/α-hetero) is 1. The summed E-state index contributed by atoms with van der Waals surface area (Å²) in [5, 5.41) is 0. The van der Waals surface area contributed by atoms with Crippen LogP contribution in [0.4, 0.5) is 0 Å². The fraction of sp³-hybridized carbons (Fsp3) is 0.588. The Hall–Kier alpha value is -1.31. The minimum Gasteiger partial charge on any atom is -0.496 e. The first-order chi connectivity index (χ1) is 8.51. The molecule has 0 amide bonds. The molecule has 0 aliphatic rings. The van der Waals surface area contributed by atoms with E-state index >= 15 is 0 Å². The van der Waals surface area contributed by atoms with Crippen LogP contribution >= 0.6 is 0 Å². The van der Waals surface area contributed by atoms with Crippen LogP contribution in [0.15, 0.2) is 12.1 Å². The SMILES string of the molecule is COc1cc(C)c(C(C)(C)C(C)=O)cc1C(C)(C)C. The summed E-state index contributed by atoms with van der Waals surface area (Å²) in [5.74, 6) is 1.08. The molecule has 0 unspecified atom stereocenters. The van der Waals surface area contributed by atoms with Gasteiger partial charge >= 0.3 is 0 Å². The first-order valence-corrected chi connectivity index (χ1v) is 6.72. The Morgan fingerprint density at radius 3 is 1.95 bits per heavy atom. The molecule has 0 heterocycles. The normalized spacial score (nSPS) is 12.4. The van der Waals surface area contributed by atoms with Gasteiger partial charge in [0.1, 0.15) is 11.5 Å². The van der Waals surface area contributed by atoms with Crippen molar-refractivity contribution in [2.75, 3.05) is 7.11 Å². The second-order valence-corrected chi connectivity index (χ2v) is 6.80. The van der Waals surface area contributed by atoms with E-state index in [1.54, 1.807) is 14.0 Å². The van der Waals surface area contributed by atoms with E-state index in [-0.39, 0.29) is 11.2 Å². The molecule has 0 fully saturated rings. The lowest BCUT2D eigenvalue weighted by Gasteiger charge is -2.29. The van der Waals surface area contributed by atoms with Crippen LogP contribution in [0.25, 0.3) is 0 Å². The minimum absolute atomic E-state index is 0.0132. The van der Waals surface area contributed by atoms with Crippen molar-refractivity contribution in [2.24, 2.45) is 0 Å². The number of benzene rings is 1. The van der Waals surface area contributed by atoms with Gasteiger partial charge < -0.3 is 4.74 Å². The van der Waals surface area contributed by atoms with Crippen molar-refractivity contribution in [1.82, 2.24) is 0 Å². The van der Waals surface area contributed by atoms with Crippen molar-refractivity contribution in [3.05, 3.63) is 28.8 Å². The molecule has 0 spiro atoms. The third-order valence-corrected chi connectivity index (χ3v) is 3.91. The summed E-state index contributed by atoms with van der Waals surface area (Å²) in [6, 6.07) is 4.18. The van der Waals surface area contributed by atoms with Gasteiger partial charge in [-0.25, -0.2) is 0 Å². The molecule has 0 aliphatic carbocycles. The highest BCUT2D eigenvalue weighted by molar-refractivity contribution is 5.87. The van der Waals surface area contributed by atoms with Crippen molar-refractivity contribution < 1.29 is 9.53 Å². The number of hydrogen-bond donors (Lipinski definition) is 0. The number of hydrogen-bond acceptors (Lipinski definition) is 2. The number of ketones is 1. The van der Waals surface area contributed by atoms with E-state index in [9.17, 15) is 4.79 Å². The highest BCUT2D eigenvalue weighted by Gasteiger charge is 2.30. The Kier molecular flexibility index (Phi) is 4.14. The maximum atomic E-state index is 11.9. The largest absolute Gasteiger partial charge is 0.496 e. The van der Waals surface area contributed by atoms with Crippen LogP contribution in [0.2, 0.25) is 0 Å². The average molecular weight is 262 g/mol. The Bertz CT molecular complexity index is 491. The van der Waals surface area contributed by atoms with E-state index in [1.807, 2.05) is 26.8 Å². The average Bonchev–Trinajstić information content (AvgIpc) is 2.26. The summed E-state index contributed by atoms with van der Waals surface area (Å²) < 4.78 is 5.50. The van der Waals surface area contributed by atoms with E-state index in [4.69, 9.17) is 4.74 Å². The highest BCUT2D eigenvalue weighted by Crippen LogP contribution is 2.37. The lowest BCUT2D eigenvalue weighted by Crippen LogP contribution is -2.28. The minimum atomic E-state index is -0.462. The maximum absolute atomic E-state index is 11.9. The lowest BCUT2D eigenvalue weighted by molar-refractivity contribution is -0.121. The molecule has 0 bridgehead atoms. The number of carbonyl (C=O) groups excluding carboxylic acids is 1. The van der Waals surface area contributed by atoms with Crippen LogP contribution in [-0.4, -0.2) is 12.9 Å². The molecule has 0 atom stereocenters. The van der Waals surface area contributed by atoms with E-state index in [0.29, 0.717) is 0 Å². The summed E-state index contributed by atoms with van der Waals surface area (Å²) in [5.41, 5.74) is 2.86. The quantitative estimate of drug-likeness (QED) is 0.817. The summed E-state index contributed by atoms with van der Waals surface area (Å²) in [6.07, 6.45) is 0. The third-order valence-electron chi connectivity index (χ3n) is 3.91. The Balaban J connectivity index is 3.57. The summed E-state index contributed by atoms with van der Waals surface area (Å²) in [4.78, 5) is 11.9. The molecular weight excluding hydrogens is 236 g/mol. The molecule has 106 valence electrons. The van der Waals surface area contributed by atoms with Crippen molar-refractivity contribution in [3.63, 3.8) is 0 Å². The van der Waals surface area contributed by atoms with Gasteiger partial charge in [-0.3, -0.25) is 4.79 Å². The van der Waals surface area contributed by atoms with Gasteiger partial charge in [-0.2, -0.15) is 0 Å². The fourth-order valence-electron chi connectivity index (χ4n) is 2.30. The molecule has 1 rings (SSSR count). The van der Waals surface area contributed by atoms with Crippen LogP contribution in [0.3, 0.4) is 0 Å². The van der Waals surface area contributed by atoms with Crippen molar-refractivity contribution in [2.45, 2.75) is 59.3 Å². The topological polar surface area (TPSA) is 26.3 Å². The number of rotatable bonds is 3. The monoisotopic (exact) mass is 262 g/mol. The predicted octanol–water partition coefficient (Wildman–Crippen LogP) is 4.17. The summed E-state index contributed by atoms with van der Waals surface area (Å²) >= 11 is 0. The van der Waals surface area contributed by atoms with Crippen LogP contribution in [0, 0.1) is 6.92 Å². The molecule has 2 heteroatoms. The van der Waals surface area contributed by atoms with E-state index < -0.39 is 5.41 Å². The van der Waals surface area contributed by atoms with Gasteiger partial charge in [0.05, 0.1) is 7.11 Å². The summed E-state index contributed by atoms with van der Waals surface area (Å²) in [7, 11) is 1.69. The molecular formula is C17H26O2. The zero-order valence-corrected chi connectivity index (χ0v) is 13.5. The Morgan fingerprint density at radius 2 is 1.58 bits per heavy atom. The molecule has 0 N–H and O–H groups in total. The number of carbonyl (C=O) groups is 1. The number of aryl methyl sites for hydroxylation is 1.